The Hall–Kier alpha value is -2.86. The van der Waals surface area contributed by atoms with Crippen LogP contribution in [0.25, 0.3) is 0 Å². The van der Waals surface area contributed by atoms with Gasteiger partial charge in [-0.05, 0) is 30.8 Å². The lowest BCUT2D eigenvalue weighted by Gasteiger charge is -2.34. The lowest BCUT2D eigenvalue weighted by Crippen LogP contribution is -2.47. The number of nitrogens with zero attached hydrogens (tertiary/aromatic N) is 2. The summed E-state index contributed by atoms with van der Waals surface area (Å²) in [5.74, 6) is 0.255. The van der Waals surface area contributed by atoms with E-state index in [4.69, 9.17) is 11.1 Å². The average molecular weight is 351 g/mol. The van der Waals surface area contributed by atoms with E-state index in [1.807, 2.05) is 35.2 Å². The van der Waals surface area contributed by atoms with Gasteiger partial charge in [0.15, 0.2) is 0 Å². The van der Waals surface area contributed by atoms with E-state index in [-0.39, 0.29) is 5.91 Å². The van der Waals surface area contributed by atoms with Crippen LogP contribution in [0, 0.1) is 5.41 Å². The van der Waals surface area contributed by atoms with Crippen LogP contribution < -0.4 is 11.1 Å². The molecule has 6 nitrogen and oxygen atoms in total. The van der Waals surface area contributed by atoms with Gasteiger partial charge in [0, 0.05) is 49.5 Å². The van der Waals surface area contributed by atoms with Gasteiger partial charge in [0.05, 0.1) is 0 Å². The molecule has 1 saturated heterocycles. The Kier molecular flexibility index (Phi) is 5.53. The molecule has 0 radical (unpaired) electrons. The molecule has 26 heavy (non-hydrogen) atoms. The van der Waals surface area contributed by atoms with Gasteiger partial charge in [-0.2, -0.15) is 0 Å². The standard InChI is InChI=1S/C20H25N5O/c1-24-9-11-25(12-10-24)19(22)17-8-7-16(13-18(17)21)20(26)23-14-15-5-3-2-4-6-15/h2-8,13,22H,9-12,14,21H2,1H3,(H,23,26). The van der Waals surface area contributed by atoms with Gasteiger partial charge in [-0.25, -0.2) is 0 Å². The van der Waals surface area contributed by atoms with Gasteiger partial charge in [0.25, 0.3) is 5.91 Å². The number of nitrogens with two attached hydrogens (primary N) is 1. The summed E-state index contributed by atoms with van der Waals surface area (Å²) in [6.45, 7) is 3.96. The Labute approximate surface area is 154 Å². The Morgan fingerprint density at radius 3 is 2.46 bits per heavy atom. The first-order chi connectivity index (χ1) is 12.5. The number of nitrogen functional groups attached to an aromatic ring is 1. The van der Waals surface area contributed by atoms with Gasteiger partial charge >= 0.3 is 0 Å². The Bertz CT molecular complexity index is 782. The van der Waals surface area contributed by atoms with Gasteiger partial charge in [-0.15, -0.1) is 0 Å². The van der Waals surface area contributed by atoms with Crippen LogP contribution in [0.15, 0.2) is 48.5 Å². The molecule has 0 saturated carbocycles. The van der Waals surface area contributed by atoms with Gasteiger partial charge in [-0.3, -0.25) is 10.2 Å². The second-order valence-corrected chi connectivity index (χ2v) is 6.61. The molecule has 0 aliphatic carbocycles. The Morgan fingerprint density at radius 2 is 1.81 bits per heavy atom. The predicted octanol–water partition coefficient (Wildman–Crippen LogP) is 1.77. The van der Waals surface area contributed by atoms with E-state index in [0.29, 0.717) is 29.2 Å². The number of anilines is 1. The number of amidine groups is 1. The zero-order valence-corrected chi connectivity index (χ0v) is 15.0. The highest BCUT2D eigenvalue weighted by atomic mass is 16.1. The molecule has 1 amide bonds. The van der Waals surface area contributed by atoms with Crippen molar-refractivity contribution >= 4 is 17.4 Å². The van der Waals surface area contributed by atoms with Crippen LogP contribution >= 0.6 is 0 Å². The molecule has 0 unspecified atom stereocenters. The number of piperazine rings is 1. The molecular formula is C20H25N5O. The SMILES string of the molecule is CN1CCN(C(=N)c2ccc(C(=O)NCc3ccccc3)cc2N)CC1. The normalized spacial score (nSPS) is 14.9. The van der Waals surface area contributed by atoms with Crippen LogP contribution in [0.5, 0.6) is 0 Å². The predicted molar refractivity (Wildman–Crippen MR) is 104 cm³/mol. The van der Waals surface area contributed by atoms with E-state index in [1.165, 1.54) is 0 Å². The molecular weight excluding hydrogens is 326 g/mol. The molecule has 1 aliphatic heterocycles. The van der Waals surface area contributed by atoms with Crippen molar-refractivity contribution in [3.63, 3.8) is 0 Å². The number of nitrogens with one attached hydrogen (secondary N) is 2. The van der Waals surface area contributed by atoms with Gasteiger partial charge in [0.1, 0.15) is 5.84 Å². The number of carbonyl (C=O) groups is 1. The Balaban J connectivity index is 1.65. The van der Waals surface area contributed by atoms with Crippen LogP contribution in [0.1, 0.15) is 21.5 Å². The van der Waals surface area contributed by atoms with E-state index in [2.05, 4.69) is 17.3 Å². The zero-order valence-electron chi connectivity index (χ0n) is 15.0. The van der Waals surface area contributed by atoms with E-state index in [9.17, 15) is 4.79 Å². The topological polar surface area (TPSA) is 85.5 Å². The smallest absolute Gasteiger partial charge is 0.251 e. The molecule has 2 aromatic rings. The van der Waals surface area contributed by atoms with Crippen LogP contribution in [-0.2, 0) is 6.54 Å². The second kappa shape index (κ2) is 8.01. The molecule has 0 aromatic heterocycles. The molecule has 1 heterocycles. The summed E-state index contributed by atoms with van der Waals surface area (Å²) >= 11 is 0. The summed E-state index contributed by atoms with van der Waals surface area (Å²) in [7, 11) is 2.08. The largest absolute Gasteiger partial charge is 0.398 e. The summed E-state index contributed by atoms with van der Waals surface area (Å²) in [5, 5.41) is 11.3. The third-order valence-electron chi connectivity index (χ3n) is 4.68. The van der Waals surface area contributed by atoms with Crippen molar-refractivity contribution in [3.05, 3.63) is 65.2 Å². The molecule has 3 rings (SSSR count). The van der Waals surface area contributed by atoms with Crippen LogP contribution in [-0.4, -0.2) is 54.8 Å². The van der Waals surface area contributed by atoms with Crippen molar-refractivity contribution in [2.45, 2.75) is 6.54 Å². The second-order valence-electron chi connectivity index (χ2n) is 6.61. The first-order valence-electron chi connectivity index (χ1n) is 8.78. The highest BCUT2D eigenvalue weighted by Crippen LogP contribution is 2.18. The molecule has 6 heteroatoms. The lowest BCUT2D eigenvalue weighted by molar-refractivity contribution is 0.0951. The number of carbonyl (C=O) groups excluding carboxylic acids is 1. The third-order valence-corrected chi connectivity index (χ3v) is 4.68. The summed E-state index contributed by atoms with van der Waals surface area (Å²) in [4.78, 5) is 16.6. The maximum Gasteiger partial charge on any atom is 0.251 e. The highest BCUT2D eigenvalue weighted by molar-refractivity contribution is 6.03. The van der Waals surface area contributed by atoms with Gasteiger partial charge < -0.3 is 20.9 Å². The van der Waals surface area contributed by atoms with E-state index < -0.39 is 0 Å². The quantitative estimate of drug-likeness (QED) is 0.445. The molecule has 1 fully saturated rings. The summed E-state index contributed by atoms with van der Waals surface area (Å²) in [6, 6.07) is 14.9. The molecule has 0 bridgehead atoms. The number of benzene rings is 2. The van der Waals surface area contributed by atoms with Crippen molar-refractivity contribution in [2.75, 3.05) is 39.0 Å². The van der Waals surface area contributed by atoms with E-state index in [1.54, 1.807) is 18.2 Å². The van der Waals surface area contributed by atoms with Crippen molar-refractivity contribution in [1.82, 2.24) is 15.1 Å². The highest BCUT2D eigenvalue weighted by Gasteiger charge is 2.19. The minimum atomic E-state index is -0.168. The monoisotopic (exact) mass is 351 g/mol. The van der Waals surface area contributed by atoms with Crippen LogP contribution in [0.3, 0.4) is 0 Å². The van der Waals surface area contributed by atoms with Crippen molar-refractivity contribution in [2.24, 2.45) is 0 Å². The third kappa shape index (κ3) is 4.21. The van der Waals surface area contributed by atoms with Gasteiger partial charge in [-0.1, -0.05) is 30.3 Å². The Morgan fingerprint density at radius 1 is 1.12 bits per heavy atom. The van der Waals surface area contributed by atoms with E-state index >= 15 is 0 Å². The molecule has 2 aromatic carbocycles. The fraction of sp³-hybridized carbons (Fsp3) is 0.300. The van der Waals surface area contributed by atoms with Crippen molar-refractivity contribution in [3.8, 4) is 0 Å². The summed E-state index contributed by atoms with van der Waals surface area (Å²) in [6.07, 6.45) is 0. The molecule has 1 aliphatic rings. The maximum atomic E-state index is 12.4. The lowest BCUT2D eigenvalue weighted by atomic mass is 10.1. The minimum absolute atomic E-state index is 0.168. The zero-order chi connectivity index (χ0) is 18.5. The fourth-order valence-electron chi connectivity index (χ4n) is 3.00. The molecule has 4 N–H and O–H groups in total. The van der Waals surface area contributed by atoms with Gasteiger partial charge in [0.2, 0.25) is 0 Å². The van der Waals surface area contributed by atoms with Crippen molar-refractivity contribution in [1.29, 1.82) is 5.41 Å². The summed E-state index contributed by atoms with van der Waals surface area (Å²) < 4.78 is 0. The first-order valence-corrected chi connectivity index (χ1v) is 8.78. The number of likely N-dealkylation sites (N-methyl/N-ethyl adjacent to an activating group) is 1. The average Bonchev–Trinajstić information content (AvgIpc) is 2.67. The van der Waals surface area contributed by atoms with E-state index in [0.717, 1.165) is 31.7 Å². The van der Waals surface area contributed by atoms with Crippen LogP contribution in [0.2, 0.25) is 0 Å². The van der Waals surface area contributed by atoms with Crippen LogP contribution in [0.4, 0.5) is 5.69 Å². The first kappa shape index (κ1) is 17.9. The maximum absolute atomic E-state index is 12.4. The van der Waals surface area contributed by atoms with Crippen molar-refractivity contribution < 1.29 is 4.79 Å². The molecule has 136 valence electrons. The summed E-state index contributed by atoms with van der Waals surface area (Å²) in [5.41, 5.74) is 8.83. The molecule has 0 spiro atoms. The number of hydrogen-bond acceptors (Lipinski definition) is 4. The molecule has 0 atom stereocenters. The number of amides is 1. The minimum Gasteiger partial charge on any atom is -0.398 e. The number of rotatable bonds is 4. The number of hydrogen-bond donors (Lipinski definition) is 3. The fourth-order valence-corrected chi connectivity index (χ4v) is 3.00.